The first kappa shape index (κ1) is 17.6. The van der Waals surface area contributed by atoms with Gasteiger partial charge in [0.2, 0.25) is 5.95 Å². The Bertz CT molecular complexity index is 1060. The molecule has 138 valence electrons. The molecule has 26 heavy (non-hydrogen) atoms. The Morgan fingerprint density at radius 1 is 1.35 bits per heavy atom. The van der Waals surface area contributed by atoms with Crippen LogP contribution in [0.1, 0.15) is 13.8 Å². The summed E-state index contributed by atoms with van der Waals surface area (Å²) in [5, 5.41) is 5.70. The van der Waals surface area contributed by atoms with Crippen LogP contribution in [0.5, 0.6) is 0 Å². The van der Waals surface area contributed by atoms with Gasteiger partial charge in [-0.2, -0.15) is 10.1 Å². The first-order valence-electron chi connectivity index (χ1n) is 8.08. The molecule has 1 aliphatic heterocycles. The van der Waals surface area contributed by atoms with E-state index in [0.29, 0.717) is 23.7 Å². The van der Waals surface area contributed by atoms with E-state index in [-0.39, 0.29) is 18.7 Å². The van der Waals surface area contributed by atoms with Crippen molar-refractivity contribution in [3.63, 3.8) is 0 Å². The van der Waals surface area contributed by atoms with Crippen LogP contribution in [0, 0.1) is 0 Å². The lowest BCUT2D eigenvalue weighted by Gasteiger charge is -2.23. The smallest absolute Gasteiger partial charge is 0.332 e. The lowest BCUT2D eigenvalue weighted by atomic mass is 10.3. The Morgan fingerprint density at radius 3 is 2.73 bits per heavy atom. The Morgan fingerprint density at radius 2 is 2.08 bits per heavy atom. The zero-order valence-electron chi connectivity index (χ0n) is 15.1. The standard InChI is InChI=1S/C16H20N6O4/c1-5-6-7-20-14(24)12-13(19(3)16(20)25)17-15-21(12)8-10(2)18-22(15)9-11(23)26-4/h5-6H,7-9H2,1-4H3. The van der Waals surface area contributed by atoms with Crippen molar-refractivity contribution < 1.29 is 9.53 Å². The summed E-state index contributed by atoms with van der Waals surface area (Å²) in [6.45, 7) is 3.99. The lowest BCUT2D eigenvalue weighted by Crippen LogP contribution is -2.40. The molecule has 0 atom stereocenters. The van der Waals surface area contributed by atoms with Gasteiger partial charge in [-0.1, -0.05) is 12.2 Å². The van der Waals surface area contributed by atoms with Crippen molar-refractivity contribution in [3.8, 4) is 0 Å². The van der Waals surface area contributed by atoms with E-state index in [2.05, 4.69) is 10.1 Å². The molecule has 0 unspecified atom stereocenters. The summed E-state index contributed by atoms with van der Waals surface area (Å²) in [4.78, 5) is 41.5. The third-order valence-electron chi connectivity index (χ3n) is 4.15. The number of methoxy groups -OCH3 is 1. The zero-order valence-corrected chi connectivity index (χ0v) is 15.1. The number of carbonyl (C=O) groups is 1. The van der Waals surface area contributed by atoms with Crippen LogP contribution in [-0.4, -0.2) is 44.0 Å². The van der Waals surface area contributed by atoms with E-state index in [0.717, 1.165) is 4.57 Å². The zero-order chi connectivity index (χ0) is 19.0. The number of aryl methyl sites for hydroxylation is 1. The Kier molecular flexibility index (Phi) is 4.49. The molecule has 0 spiro atoms. The van der Waals surface area contributed by atoms with Crippen molar-refractivity contribution in [3.05, 3.63) is 33.0 Å². The van der Waals surface area contributed by atoms with Crippen LogP contribution in [-0.2, 0) is 29.7 Å². The van der Waals surface area contributed by atoms with Crippen molar-refractivity contribution >= 4 is 28.8 Å². The molecule has 10 heteroatoms. The number of fused-ring (bicyclic) bond motifs is 3. The molecule has 0 saturated carbocycles. The van der Waals surface area contributed by atoms with E-state index in [9.17, 15) is 14.4 Å². The molecule has 0 aromatic carbocycles. The molecular formula is C16H20N6O4. The monoisotopic (exact) mass is 360 g/mol. The van der Waals surface area contributed by atoms with E-state index < -0.39 is 17.2 Å². The van der Waals surface area contributed by atoms with Gasteiger partial charge < -0.3 is 4.74 Å². The summed E-state index contributed by atoms with van der Waals surface area (Å²) in [5.41, 5.74) is 0.386. The third kappa shape index (κ3) is 2.72. The number of imidazole rings is 1. The molecule has 2 aromatic heterocycles. The van der Waals surface area contributed by atoms with Gasteiger partial charge in [0.1, 0.15) is 6.54 Å². The number of aromatic nitrogens is 4. The maximum Gasteiger partial charge on any atom is 0.332 e. The Labute approximate surface area is 148 Å². The van der Waals surface area contributed by atoms with Gasteiger partial charge in [-0.25, -0.2) is 9.80 Å². The largest absolute Gasteiger partial charge is 0.468 e. The topological polar surface area (TPSA) is 104 Å². The molecule has 0 fully saturated rings. The quantitative estimate of drug-likeness (QED) is 0.554. The molecule has 0 radical (unpaired) electrons. The number of nitrogens with zero attached hydrogens (tertiary/aromatic N) is 6. The highest BCUT2D eigenvalue weighted by molar-refractivity contribution is 5.89. The van der Waals surface area contributed by atoms with Crippen LogP contribution in [0.2, 0.25) is 0 Å². The number of anilines is 1. The highest BCUT2D eigenvalue weighted by Gasteiger charge is 2.27. The predicted molar refractivity (Wildman–Crippen MR) is 96.5 cm³/mol. The van der Waals surface area contributed by atoms with Gasteiger partial charge in [0.05, 0.1) is 19.4 Å². The van der Waals surface area contributed by atoms with Gasteiger partial charge in [-0.05, 0) is 13.8 Å². The summed E-state index contributed by atoms with van der Waals surface area (Å²) >= 11 is 0. The van der Waals surface area contributed by atoms with Gasteiger partial charge in [-0.3, -0.25) is 23.3 Å². The van der Waals surface area contributed by atoms with Gasteiger partial charge in [0.25, 0.3) is 5.56 Å². The van der Waals surface area contributed by atoms with Crippen LogP contribution in [0.15, 0.2) is 26.8 Å². The summed E-state index contributed by atoms with van der Waals surface area (Å²) in [6.07, 6.45) is 3.51. The number of hydrazone groups is 1. The molecule has 0 aliphatic carbocycles. The number of esters is 1. The second kappa shape index (κ2) is 6.62. The molecule has 3 rings (SSSR count). The highest BCUT2D eigenvalue weighted by atomic mass is 16.5. The van der Waals surface area contributed by atoms with Crippen molar-refractivity contribution in [1.29, 1.82) is 0 Å². The molecule has 3 heterocycles. The Balaban J connectivity index is 2.27. The number of hydrogen-bond donors (Lipinski definition) is 0. The third-order valence-corrected chi connectivity index (χ3v) is 4.15. The minimum absolute atomic E-state index is 0.141. The van der Waals surface area contributed by atoms with Crippen molar-refractivity contribution in [2.24, 2.45) is 12.1 Å². The molecule has 0 N–H and O–H groups in total. The van der Waals surface area contributed by atoms with Crippen molar-refractivity contribution in [2.75, 3.05) is 18.7 Å². The molecule has 1 aliphatic rings. The first-order chi connectivity index (χ1) is 12.4. The summed E-state index contributed by atoms with van der Waals surface area (Å²) < 4.78 is 8.85. The number of carbonyl (C=O) groups excluding carboxylic acids is 1. The molecule has 2 aromatic rings. The summed E-state index contributed by atoms with van der Waals surface area (Å²) in [7, 11) is 2.85. The Hall–Kier alpha value is -3.17. The van der Waals surface area contributed by atoms with Crippen LogP contribution >= 0.6 is 0 Å². The summed E-state index contributed by atoms with van der Waals surface area (Å²) in [5.74, 6) is -0.159. The van der Waals surface area contributed by atoms with E-state index in [1.54, 1.807) is 30.7 Å². The molecule has 0 bridgehead atoms. The van der Waals surface area contributed by atoms with E-state index in [4.69, 9.17) is 4.74 Å². The average molecular weight is 360 g/mol. The molecule has 0 saturated heterocycles. The maximum atomic E-state index is 12.9. The number of rotatable bonds is 4. The number of hydrogen-bond acceptors (Lipinski definition) is 7. The fraction of sp³-hybridized carbons (Fsp3) is 0.438. The normalized spacial score (nSPS) is 14.0. The average Bonchev–Trinajstić information content (AvgIpc) is 2.99. The second-order valence-corrected chi connectivity index (χ2v) is 5.97. The van der Waals surface area contributed by atoms with Crippen LogP contribution < -0.4 is 16.3 Å². The minimum atomic E-state index is -0.485. The first-order valence-corrected chi connectivity index (χ1v) is 8.08. The minimum Gasteiger partial charge on any atom is -0.468 e. The van der Waals surface area contributed by atoms with E-state index >= 15 is 0 Å². The maximum absolute atomic E-state index is 12.9. The van der Waals surface area contributed by atoms with Gasteiger partial charge in [-0.15, -0.1) is 0 Å². The number of allylic oxidation sites excluding steroid dienone is 2. The van der Waals surface area contributed by atoms with Crippen LogP contribution in [0.3, 0.4) is 0 Å². The van der Waals surface area contributed by atoms with E-state index in [1.165, 1.54) is 16.7 Å². The fourth-order valence-electron chi connectivity index (χ4n) is 2.88. The highest BCUT2D eigenvalue weighted by Crippen LogP contribution is 2.23. The van der Waals surface area contributed by atoms with E-state index in [1.807, 2.05) is 6.92 Å². The summed E-state index contributed by atoms with van der Waals surface area (Å²) in [6, 6.07) is 0. The molecule has 10 nitrogen and oxygen atoms in total. The fourth-order valence-corrected chi connectivity index (χ4v) is 2.88. The SMILES string of the molecule is CC=CCn1c(=O)c2c(nc3n2CC(C)=NN3CC(=O)OC)n(C)c1=O. The van der Waals surface area contributed by atoms with Crippen molar-refractivity contribution in [1.82, 2.24) is 18.7 Å². The van der Waals surface area contributed by atoms with Crippen molar-refractivity contribution in [2.45, 2.75) is 26.9 Å². The van der Waals surface area contributed by atoms with Crippen LogP contribution in [0.4, 0.5) is 5.95 Å². The van der Waals surface area contributed by atoms with Crippen LogP contribution in [0.25, 0.3) is 11.2 Å². The van der Waals surface area contributed by atoms with Gasteiger partial charge in [0.15, 0.2) is 11.2 Å². The molecule has 0 amide bonds. The van der Waals surface area contributed by atoms with Gasteiger partial charge >= 0.3 is 11.7 Å². The molecular weight excluding hydrogens is 340 g/mol. The predicted octanol–water partition coefficient (Wildman–Crippen LogP) is -0.158. The number of ether oxygens (including phenoxy) is 1. The lowest BCUT2D eigenvalue weighted by molar-refractivity contribution is -0.139. The second-order valence-electron chi connectivity index (χ2n) is 5.97. The van der Waals surface area contributed by atoms with Gasteiger partial charge in [0, 0.05) is 13.6 Å².